The Hall–Kier alpha value is -0.450. The summed E-state index contributed by atoms with van der Waals surface area (Å²) in [5, 5.41) is 9.07. The first kappa shape index (κ1) is 44.5. The largest absolute Gasteiger partial charge is 0.474 e. The van der Waals surface area contributed by atoms with Gasteiger partial charge < -0.3 is 5.11 Å². The average Bonchev–Trinajstić information content (AvgIpc) is 3.04. The van der Waals surface area contributed by atoms with Crippen LogP contribution in [0.2, 0.25) is 0 Å². The third-order valence-corrected chi connectivity index (χ3v) is 9.86. The van der Waals surface area contributed by atoms with Gasteiger partial charge in [0, 0.05) is 6.61 Å². The van der Waals surface area contributed by atoms with E-state index >= 15 is 0 Å². The van der Waals surface area contributed by atoms with Gasteiger partial charge in [0.05, 0.1) is 19.8 Å². The lowest BCUT2D eigenvalue weighted by Gasteiger charge is -2.18. The van der Waals surface area contributed by atoms with Gasteiger partial charge in [-0.2, -0.15) is 0 Å². The Bertz CT molecular complexity index is 618. The molecule has 0 fully saturated rings. The van der Waals surface area contributed by atoms with Crippen molar-refractivity contribution in [2.75, 3.05) is 26.4 Å². The summed E-state index contributed by atoms with van der Waals surface area (Å²) < 4.78 is 29.8. The molecular formula is C39H77O5P. The second-order valence-electron chi connectivity index (χ2n) is 12.9. The van der Waals surface area contributed by atoms with Gasteiger partial charge in [0.25, 0.3) is 0 Å². The highest BCUT2D eigenvalue weighted by molar-refractivity contribution is 7.48. The zero-order valence-corrected chi connectivity index (χ0v) is 31.1. The fraction of sp³-hybridized carbons (Fsp3) is 0.897. The molecule has 0 unspecified atom stereocenters. The second kappa shape index (κ2) is 38.0. The lowest BCUT2D eigenvalue weighted by molar-refractivity contribution is 0.104. The lowest BCUT2D eigenvalue weighted by atomic mass is 10.1. The molecular weight excluding hydrogens is 579 g/mol. The van der Waals surface area contributed by atoms with Crippen LogP contribution in [0.5, 0.6) is 0 Å². The van der Waals surface area contributed by atoms with Crippen LogP contribution in [0.4, 0.5) is 0 Å². The van der Waals surface area contributed by atoms with E-state index in [1.807, 2.05) is 0 Å². The molecule has 0 aromatic carbocycles. The van der Waals surface area contributed by atoms with Crippen LogP contribution in [0.1, 0.15) is 200 Å². The number of rotatable bonds is 38. The van der Waals surface area contributed by atoms with Gasteiger partial charge in [-0.05, 0) is 70.6 Å². The van der Waals surface area contributed by atoms with Gasteiger partial charge in [0.1, 0.15) is 0 Å². The predicted molar refractivity (Wildman–Crippen MR) is 196 cm³/mol. The van der Waals surface area contributed by atoms with Crippen LogP contribution >= 0.6 is 7.82 Å². The molecule has 0 bridgehead atoms. The lowest BCUT2D eigenvalue weighted by Crippen LogP contribution is -2.05. The molecule has 6 heteroatoms. The number of phosphoric acid groups is 1. The van der Waals surface area contributed by atoms with Crippen molar-refractivity contribution in [3.05, 3.63) is 24.3 Å². The molecule has 0 aliphatic rings. The molecule has 0 aromatic rings. The monoisotopic (exact) mass is 657 g/mol. The summed E-state index contributed by atoms with van der Waals surface area (Å²) in [4.78, 5) is 0. The molecule has 5 nitrogen and oxygen atoms in total. The van der Waals surface area contributed by atoms with E-state index in [0.717, 1.165) is 25.7 Å². The highest BCUT2D eigenvalue weighted by Gasteiger charge is 2.26. The summed E-state index contributed by atoms with van der Waals surface area (Å²) in [6.07, 6.45) is 45.0. The molecule has 0 aromatic heterocycles. The molecule has 0 saturated carbocycles. The first-order chi connectivity index (χ1) is 22.2. The van der Waals surface area contributed by atoms with Crippen molar-refractivity contribution in [3.63, 3.8) is 0 Å². The van der Waals surface area contributed by atoms with Crippen molar-refractivity contribution in [2.45, 2.75) is 200 Å². The van der Waals surface area contributed by atoms with Crippen LogP contribution in [0, 0.1) is 0 Å². The highest BCUT2D eigenvalue weighted by Crippen LogP contribution is 2.49. The number of hydrogen-bond acceptors (Lipinski definition) is 5. The van der Waals surface area contributed by atoms with E-state index in [1.165, 1.54) is 154 Å². The van der Waals surface area contributed by atoms with Crippen LogP contribution in [0.15, 0.2) is 24.3 Å². The van der Waals surface area contributed by atoms with Gasteiger partial charge >= 0.3 is 7.82 Å². The van der Waals surface area contributed by atoms with E-state index < -0.39 is 7.82 Å². The molecule has 0 amide bonds. The average molecular weight is 657 g/mol. The highest BCUT2D eigenvalue weighted by atomic mass is 31.2. The quantitative estimate of drug-likeness (QED) is 0.0407. The zero-order chi connectivity index (χ0) is 32.8. The van der Waals surface area contributed by atoms with Crippen molar-refractivity contribution < 1.29 is 23.2 Å². The van der Waals surface area contributed by atoms with E-state index in [-0.39, 0.29) is 13.2 Å². The van der Waals surface area contributed by atoms with Crippen molar-refractivity contribution in [1.29, 1.82) is 0 Å². The molecule has 0 heterocycles. The van der Waals surface area contributed by atoms with Crippen LogP contribution in [0.3, 0.4) is 0 Å². The third-order valence-electron chi connectivity index (χ3n) is 8.36. The van der Waals surface area contributed by atoms with Crippen molar-refractivity contribution in [1.82, 2.24) is 0 Å². The summed E-state index contributed by atoms with van der Waals surface area (Å²) in [7, 11) is -3.56. The van der Waals surface area contributed by atoms with Gasteiger partial charge in [0.2, 0.25) is 0 Å². The number of unbranched alkanes of at least 4 members (excludes halogenated alkanes) is 24. The molecule has 268 valence electrons. The maximum Gasteiger partial charge on any atom is 0.474 e. The van der Waals surface area contributed by atoms with E-state index in [4.69, 9.17) is 18.7 Å². The fourth-order valence-corrected chi connectivity index (χ4v) is 6.69. The smallest absolute Gasteiger partial charge is 0.396 e. The van der Waals surface area contributed by atoms with Gasteiger partial charge in [-0.25, -0.2) is 4.57 Å². The molecule has 0 atom stereocenters. The minimum absolute atomic E-state index is 0.00380. The first-order valence-corrected chi connectivity index (χ1v) is 21.1. The molecule has 0 aliphatic heterocycles. The number of phosphoric ester groups is 1. The Morgan fingerprint density at radius 3 is 0.978 bits per heavy atom. The van der Waals surface area contributed by atoms with Crippen molar-refractivity contribution >= 4 is 7.82 Å². The van der Waals surface area contributed by atoms with Gasteiger partial charge in [-0.1, -0.05) is 154 Å². The molecule has 0 radical (unpaired) electrons. The maximum absolute atomic E-state index is 13.0. The SMILES string of the molecule is CCCCCCCCC=CCCCCCCCCOP(=O)(OCCCO)OCCCCCCCCC=CCCCCCCCC. The Labute approximate surface area is 281 Å². The van der Waals surface area contributed by atoms with Gasteiger partial charge in [-0.15, -0.1) is 0 Å². The van der Waals surface area contributed by atoms with Gasteiger partial charge in [0.15, 0.2) is 0 Å². The van der Waals surface area contributed by atoms with E-state index in [2.05, 4.69) is 38.2 Å². The van der Waals surface area contributed by atoms with Crippen LogP contribution in [-0.4, -0.2) is 31.5 Å². The van der Waals surface area contributed by atoms with Crippen molar-refractivity contribution in [3.8, 4) is 0 Å². The zero-order valence-electron chi connectivity index (χ0n) is 30.2. The number of hydrogen-bond donors (Lipinski definition) is 1. The number of allylic oxidation sites excluding steroid dienone is 4. The Morgan fingerprint density at radius 1 is 0.400 bits per heavy atom. The number of aliphatic hydroxyl groups excluding tert-OH is 1. The maximum atomic E-state index is 13.0. The predicted octanol–water partition coefficient (Wildman–Crippen LogP) is 13.6. The Kier molecular flexibility index (Phi) is 37.6. The topological polar surface area (TPSA) is 65.0 Å². The molecule has 45 heavy (non-hydrogen) atoms. The number of aliphatic hydroxyl groups is 1. The van der Waals surface area contributed by atoms with Gasteiger partial charge in [-0.3, -0.25) is 13.6 Å². The fourth-order valence-electron chi connectivity index (χ4n) is 5.40. The molecule has 0 spiro atoms. The Morgan fingerprint density at radius 2 is 0.667 bits per heavy atom. The third kappa shape index (κ3) is 36.2. The standard InChI is InChI=1S/C39H77O5P/c1-3-5-7-9-11-13-15-17-19-21-23-25-27-29-31-33-37-42-45(41,44-39-35-36-40)43-38-34-32-30-28-26-24-22-20-18-16-14-12-10-8-6-4-2/h17-20,40H,3-16,21-39H2,1-2H3. The normalized spacial score (nSPS) is 13.4. The summed E-state index contributed by atoms with van der Waals surface area (Å²) >= 11 is 0. The minimum Gasteiger partial charge on any atom is -0.396 e. The molecule has 1 N–H and O–H groups in total. The Balaban J connectivity index is 3.74. The summed E-state index contributed by atoms with van der Waals surface area (Å²) in [5.41, 5.74) is 0. The van der Waals surface area contributed by atoms with Crippen LogP contribution < -0.4 is 0 Å². The summed E-state index contributed by atoms with van der Waals surface area (Å²) in [6.45, 7) is 5.52. The van der Waals surface area contributed by atoms with Crippen LogP contribution in [-0.2, 0) is 18.1 Å². The minimum atomic E-state index is -3.56. The molecule has 0 aliphatic carbocycles. The van der Waals surface area contributed by atoms with E-state index in [9.17, 15) is 4.57 Å². The second-order valence-corrected chi connectivity index (χ2v) is 14.6. The van der Waals surface area contributed by atoms with E-state index in [0.29, 0.717) is 19.6 Å². The summed E-state index contributed by atoms with van der Waals surface area (Å²) in [6, 6.07) is 0. The van der Waals surface area contributed by atoms with E-state index in [1.54, 1.807) is 0 Å². The summed E-state index contributed by atoms with van der Waals surface area (Å²) in [5.74, 6) is 0. The molecule has 0 rings (SSSR count). The van der Waals surface area contributed by atoms with Crippen molar-refractivity contribution in [2.24, 2.45) is 0 Å². The first-order valence-electron chi connectivity index (χ1n) is 19.6. The molecule has 0 saturated heterocycles. The van der Waals surface area contributed by atoms with Crippen LogP contribution in [0.25, 0.3) is 0 Å².